The number of benzene rings is 1. The highest BCUT2D eigenvalue weighted by atomic mass is 35.5. The Hall–Kier alpha value is -1.03. The number of thiophene rings is 1. The van der Waals surface area contributed by atoms with Crippen LogP contribution in [0.1, 0.15) is 23.5 Å². The van der Waals surface area contributed by atoms with Gasteiger partial charge in [-0.05, 0) is 30.2 Å². The van der Waals surface area contributed by atoms with Crippen molar-refractivity contribution in [3.8, 4) is 5.75 Å². The average molecular weight is 282 g/mol. The first kappa shape index (κ1) is 13.4. The van der Waals surface area contributed by atoms with Crippen molar-refractivity contribution >= 4 is 22.9 Å². The molecule has 96 valence electrons. The van der Waals surface area contributed by atoms with Gasteiger partial charge in [-0.25, -0.2) is 0 Å². The van der Waals surface area contributed by atoms with Crippen LogP contribution in [0.25, 0.3) is 0 Å². The Morgan fingerprint density at radius 3 is 2.67 bits per heavy atom. The predicted molar refractivity (Wildman–Crippen MR) is 77.6 cm³/mol. The van der Waals surface area contributed by atoms with Crippen LogP contribution in [0.4, 0.5) is 0 Å². The van der Waals surface area contributed by atoms with Crippen molar-refractivity contribution in [2.45, 2.75) is 19.4 Å². The summed E-state index contributed by atoms with van der Waals surface area (Å²) in [7, 11) is 0. The summed E-state index contributed by atoms with van der Waals surface area (Å²) in [6.07, 6.45) is 0.814. The van der Waals surface area contributed by atoms with Gasteiger partial charge in [0.25, 0.3) is 0 Å². The van der Waals surface area contributed by atoms with Crippen molar-refractivity contribution in [3.05, 3.63) is 51.2 Å². The topological polar surface area (TPSA) is 35.2 Å². The van der Waals surface area contributed by atoms with E-state index in [0.717, 1.165) is 21.4 Å². The van der Waals surface area contributed by atoms with Crippen LogP contribution in [0.3, 0.4) is 0 Å². The monoisotopic (exact) mass is 281 g/mol. The Bertz CT molecular complexity index is 512. The van der Waals surface area contributed by atoms with Crippen molar-refractivity contribution in [1.82, 2.24) is 0 Å². The van der Waals surface area contributed by atoms with E-state index in [0.29, 0.717) is 6.54 Å². The number of aryl methyl sites for hydroxylation is 1. The second-order valence-corrected chi connectivity index (χ2v) is 5.69. The average Bonchev–Trinajstić information content (AvgIpc) is 2.83. The lowest BCUT2D eigenvalue weighted by atomic mass is 10.1. The zero-order valence-corrected chi connectivity index (χ0v) is 11.8. The molecule has 0 fully saturated rings. The Morgan fingerprint density at radius 2 is 2.06 bits per heavy atom. The molecule has 2 rings (SSSR count). The molecule has 1 atom stereocenters. The summed E-state index contributed by atoms with van der Waals surface area (Å²) in [6, 6.07) is 11.9. The van der Waals surface area contributed by atoms with E-state index in [9.17, 15) is 0 Å². The van der Waals surface area contributed by atoms with Gasteiger partial charge in [0.2, 0.25) is 0 Å². The van der Waals surface area contributed by atoms with Gasteiger partial charge in [0.15, 0.2) is 0 Å². The van der Waals surface area contributed by atoms with Crippen molar-refractivity contribution in [3.63, 3.8) is 0 Å². The van der Waals surface area contributed by atoms with Crippen LogP contribution in [0, 0.1) is 0 Å². The highest BCUT2D eigenvalue weighted by Crippen LogP contribution is 2.31. The molecule has 0 aliphatic rings. The molecule has 4 heteroatoms. The number of ether oxygens (including phenoxy) is 1. The summed E-state index contributed by atoms with van der Waals surface area (Å²) >= 11 is 7.46. The molecule has 1 heterocycles. The molecule has 0 radical (unpaired) electrons. The number of halogens is 1. The minimum Gasteiger partial charge on any atom is -0.483 e. The Labute approximate surface area is 116 Å². The lowest BCUT2D eigenvalue weighted by Crippen LogP contribution is -2.17. The predicted octanol–water partition coefficient (Wildman–Crippen LogP) is 4.04. The minimum absolute atomic E-state index is 0.129. The van der Waals surface area contributed by atoms with Crippen LogP contribution < -0.4 is 10.5 Å². The smallest absolute Gasteiger partial charge is 0.145 e. The molecule has 2 nitrogen and oxygen atoms in total. The van der Waals surface area contributed by atoms with E-state index < -0.39 is 0 Å². The molecule has 2 aromatic rings. The molecule has 0 aliphatic heterocycles. The van der Waals surface area contributed by atoms with Crippen LogP contribution in [0.15, 0.2) is 36.4 Å². The first-order valence-electron chi connectivity index (χ1n) is 5.94. The maximum atomic E-state index is 6.01. The molecule has 0 spiro atoms. The fourth-order valence-corrected chi connectivity index (χ4v) is 2.89. The lowest BCUT2D eigenvalue weighted by Gasteiger charge is -2.18. The van der Waals surface area contributed by atoms with E-state index in [4.69, 9.17) is 22.1 Å². The molecule has 2 N–H and O–H groups in total. The van der Waals surface area contributed by atoms with Crippen LogP contribution >= 0.6 is 22.9 Å². The number of hydrogen-bond donors (Lipinski definition) is 1. The first-order valence-corrected chi connectivity index (χ1v) is 7.14. The van der Waals surface area contributed by atoms with E-state index in [1.54, 1.807) is 0 Å². The third kappa shape index (κ3) is 3.05. The fourth-order valence-electron chi connectivity index (χ4n) is 1.79. The summed E-state index contributed by atoms with van der Waals surface area (Å²) in [6.45, 7) is 2.55. The van der Waals surface area contributed by atoms with Crippen LogP contribution in [-0.4, -0.2) is 6.54 Å². The van der Waals surface area contributed by atoms with Crippen LogP contribution in [0.2, 0.25) is 4.34 Å². The highest BCUT2D eigenvalue weighted by molar-refractivity contribution is 7.16. The molecule has 0 amide bonds. The van der Waals surface area contributed by atoms with E-state index in [-0.39, 0.29) is 6.10 Å². The maximum absolute atomic E-state index is 6.01. The van der Waals surface area contributed by atoms with Crippen molar-refractivity contribution in [1.29, 1.82) is 0 Å². The van der Waals surface area contributed by atoms with Gasteiger partial charge in [0.1, 0.15) is 11.9 Å². The third-order valence-electron chi connectivity index (χ3n) is 2.75. The zero-order valence-electron chi connectivity index (χ0n) is 10.2. The van der Waals surface area contributed by atoms with Gasteiger partial charge in [-0.15, -0.1) is 11.3 Å². The number of para-hydroxylation sites is 1. The van der Waals surface area contributed by atoms with Gasteiger partial charge >= 0.3 is 0 Å². The molecule has 0 aliphatic carbocycles. The number of hydrogen-bond acceptors (Lipinski definition) is 3. The second kappa shape index (κ2) is 6.23. The Kier molecular flexibility index (Phi) is 4.64. The zero-order chi connectivity index (χ0) is 13.0. The van der Waals surface area contributed by atoms with Gasteiger partial charge in [0.05, 0.1) is 4.34 Å². The molecule has 18 heavy (non-hydrogen) atoms. The molecule has 1 aromatic heterocycles. The second-order valence-electron chi connectivity index (χ2n) is 3.95. The lowest BCUT2D eigenvalue weighted by molar-refractivity contribution is 0.216. The van der Waals surface area contributed by atoms with Gasteiger partial charge in [-0.1, -0.05) is 36.7 Å². The van der Waals surface area contributed by atoms with Gasteiger partial charge in [-0.3, -0.25) is 0 Å². The molecule has 0 bridgehead atoms. The minimum atomic E-state index is -0.129. The van der Waals surface area contributed by atoms with Crippen LogP contribution in [-0.2, 0) is 6.42 Å². The quantitative estimate of drug-likeness (QED) is 0.898. The van der Waals surface area contributed by atoms with E-state index in [1.807, 2.05) is 30.3 Å². The van der Waals surface area contributed by atoms with E-state index in [1.165, 1.54) is 16.9 Å². The van der Waals surface area contributed by atoms with Gasteiger partial charge in [0, 0.05) is 11.4 Å². The standard InChI is InChI=1S/C14H16ClNOS/c1-2-10-5-3-4-6-11(10)17-12(9-16)13-7-8-14(15)18-13/h3-8,12H,2,9,16H2,1H3. The molecular formula is C14H16ClNOS. The summed E-state index contributed by atoms with van der Waals surface area (Å²) < 4.78 is 6.77. The highest BCUT2D eigenvalue weighted by Gasteiger charge is 2.15. The molecule has 0 saturated heterocycles. The summed E-state index contributed by atoms with van der Waals surface area (Å²) in [5, 5.41) is 0. The normalized spacial score (nSPS) is 12.4. The van der Waals surface area contributed by atoms with E-state index in [2.05, 4.69) is 13.0 Å². The molecular weight excluding hydrogens is 266 g/mol. The SMILES string of the molecule is CCc1ccccc1OC(CN)c1ccc(Cl)s1. The van der Waals surface area contributed by atoms with Crippen molar-refractivity contribution < 1.29 is 4.74 Å². The Morgan fingerprint density at radius 1 is 1.28 bits per heavy atom. The van der Waals surface area contributed by atoms with Gasteiger partial charge < -0.3 is 10.5 Å². The summed E-state index contributed by atoms with van der Waals surface area (Å²) in [5.41, 5.74) is 6.99. The third-order valence-corrected chi connectivity index (χ3v) is 4.07. The van der Waals surface area contributed by atoms with E-state index >= 15 is 0 Å². The van der Waals surface area contributed by atoms with Gasteiger partial charge in [-0.2, -0.15) is 0 Å². The largest absolute Gasteiger partial charge is 0.483 e. The summed E-state index contributed by atoms with van der Waals surface area (Å²) in [4.78, 5) is 1.06. The Balaban J connectivity index is 2.20. The molecule has 0 saturated carbocycles. The maximum Gasteiger partial charge on any atom is 0.145 e. The fraction of sp³-hybridized carbons (Fsp3) is 0.286. The van der Waals surface area contributed by atoms with Crippen molar-refractivity contribution in [2.75, 3.05) is 6.54 Å². The molecule has 1 unspecified atom stereocenters. The number of nitrogens with two attached hydrogens (primary N) is 1. The molecule has 1 aromatic carbocycles. The van der Waals surface area contributed by atoms with Crippen molar-refractivity contribution in [2.24, 2.45) is 5.73 Å². The number of rotatable bonds is 5. The van der Waals surface area contributed by atoms with Crippen LogP contribution in [0.5, 0.6) is 5.75 Å². The first-order chi connectivity index (χ1) is 8.74. The summed E-state index contributed by atoms with van der Waals surface area (Å²) in [5.74, 6) is 0.903.